The van der Waals surface area contributed by atoms with Crippen LogP contribution < -0.4 is 11.1 Å². The van der Waals surface area contributed by atoms with Gasteiger partial charge in [0, 0.05) is 18.0 Å². The summed E-state index contributed by atoms with van der Waals surface area (Å²) < 4.78 is 0. The van der Waals surface area contributed by atoms with Crippen LogP contribution in [-0.4, -0.2) is 23.9 Å². The fraction of sp³-hybridized carbons (Fsp3) is 0.0588. The van der Waals surface area contributed by atoms with Crippen LogP contribution in [0.4, 0.5) is 0 Å². The number of para-hydroxylation sites is 1. The Labute approximate surface area is 127 Å². The maximum absolute atomic E-state index is 12.1. The van der Waals surface area contributed by atoms with Gasteiger partial charge in [0.25, 0.3) is 5.91 Å². The number of aromatic amines is 1. The van der Waals surface area contributed by atoms with Gasteiger partial charge in [-0.2, -0.15) is 0 Å². The Morgan fingerprint density at radius 1 is 1.14 bits per heavy atom. The van der Waals surface area contributed by atoms with E-state index < -0.39 is 0 Å². The van der Waals surface area contributed by atoms with Crippen LogP contribution in [0.5, 0.6) is 0 Å². The first-order valence-electron chi connectivity index (χ1n) is 6.90. The Balaban J connectivity index is 2.05. The molecule has 1 heterocycles. The molecule has 0 aliphatic rings. The summed E-state index contributed by atoms with van der Waals surface area (Å²) in [4.78, 5) is 19.0. The minimum Gasteiger partial charge on any atom is -0.370 e. The lowest BCUT2D eigenvalue weighted by Gasteiger charge is -2.03. The van der Waals surface area contributed by atoms with Crippen molar-refractivity contribution in [2.24, 2.45) is 10.7 Å². The first-order valence-corrected chi connectivity index (χ1v) is 6.90. The SMILES string of the molecule is CN=C(N)NC(=O)c1cc2cccc(-c3ccccc3)c2[nH]1. The average Bonchev–Trinajstić information content (AvgIpc) is 2.99. The zero-order valence-corrected chi connectivity index (χ0v) is 12.1. The van der Waals surface area contributed by atoms with Crippen molar-refractivity contribution >= 4 is 22.8 Å². The summed E-state index contributed by atoms with van der Waals surface area (Å²) in [5.74, 6) is -0.217. The number of guanidine groups is 1. The van der Waals surface area contributed by atoms with E-state index in [1.54, 1.807) is 6.07 Å². The lowest BCUT2D eigenvalue weighted by atomic mass is 10.0. The number of carbonyl (C=O) groups excluding carboxylic acids is 1. The van der Waals surface area contributed by atoms with E-state index in [0.29, 0.717) is 5.69 Å². The number of nitrogens with two attached hydrogens (primary N) is 1. The molecule has 0 atom stereocenters. The number of carbonyl (C=O) groups is 1. The van der Waals surface area contributed by atoms with Crippen molar-refractivity contribution in [3.05, 3.63) is 60.3 Å². The molecule has 1 aromatic heterocycles. The van der Waals surface area contributed by atoms with Gasteiger partial charge in [-0.3, -0.25) is 15.1 Å². The Bertz CT molecular complexity index is 849. The molecule has 3 rings (SSSR count). The van der Waals surface area contributed by atoms with Crippen LogP contribution >= 0.6 is 0 Å². The van der Waals surface area contributed by atoms with Gasteiger partial charge in [0.2, 0.25) is 0 Å². The Morgan fingerprint density at radius 2 is 1.91 bits per heavy atom. The number of hydrogen-bond acceptors (Lipinski definition) is 2. The third-order valence-corrected chi connectivity index (χ3v) is 3.47. The molecule has 0 saturated heterocycles. The quantitative estimate of drug-likeness (QED) is 0.501. The molecule has 2 aromatic carbocycles. The standard InChI is InChI=1S/C17H16N4O/c1-19-17(18)21-16(22)14-10-12-8-5-9-13(15(12)20-14)11-6-3-2-4-7-11/h2-10,20H,1H3,(H3,18,19,21,22). The highest BCUT2D eigenvalue weighted by molar-refractivity contribution is 6.07. The van der Waals surface area contributed by atoms with Gasteiger partial charge in [-0.05, 0) is 11.6 Å². The van der Waals surface area contributed by atoms with E-state index in [-0.39, 0.29) is 11.9 Å². The van der Waals surface area contributed by atoms with Crippen molar-refractivity contribution < 1.29 is 4.79 Å². The highest BCUT2D eigenvalue weighted by Crippen LogP contribution is 2.28. The molecule has 0 bridgehead atoms. The molecule has 0 fully saturated rings. The Hall–Kier alpha value is -3.08. The third-order valence-electron chi connectivity index (χ3n) is 3.47. The van der Waals surface area contributed by atoms with Crippen LogP contribution in [0.3, 0.4) is 0 Å². The van der Waals surface area contributed by atoms with E-state index in [1.807, 2.05) is 48.5 Å². The number of rotatable bonds is 2. The predicted molar refractivity (Wildman–Crippen MR) is 88.7 cm³/mol. The predicted octanol–water partition coefficient (Wildman–Crippen LogP) is 2.51. The number of aliphatic imine (C=N–C) groups is 1. The number of fused-ring (bicyclic) bond motifs is 1. The number of nitrogens with one attached hydrogen (secondary N) is 2. The van der Waals surface area contributed by atoms with Crippen molar-refractivity contribution in [1.82, 2.24) is 10.3 Å². The number of H-pyrrole nitrogens is 1. The van der Waals surface area contributed by atoms with Gasteiger partial charge in [-0.1, -0.05) is 48.5 Å². The molecule has 0 aliphatic heterocycles. The van der Waals surface area contributed by atoms with Gasteiger partial charge in [-0.15, -0.1) is 0 Å². The number of hydrogen-bond donors (Lipinski definition) is 3. The van der Waals surface area contributed by atoms with Crippen molar-refractivity contribution in [2.75, 3.05) is 7.05 Å². The summed E-state index contributed by atoms with van der Waals surface area (Å²) in [6.07, 6.45) is 0. The molecular formula is C17H16N4O. The minimum atomic E-state index is -0.307. The number of aromatic nitrogens is 1. The van der Waals surface area contributed by atoms with Crippen molar-refractivity contribution in [3.8, 4) is 11.1 Å². The van der Waals surface area contributed by atoms with Gasteiger partial charge in [0.05, 0.1) is 5.52 Å². The van der Waals surface area contributed by atoms with Crippen LogP contribution in [0.25, 0.3) is 22.0 Å². The van der Waals surface area contributed by atoms with Gasteiger partial charge < -0.3 is 10.7 Å². The molecule has 5 heteroatoms. The molecule has 0 radical (unpaired) electrons. The average molecular weight is 292 g/mol. The van der Waals surface area contributed by atoms with Crippen molar-refractivity contribution in [3.63, 3.8) is 0 Å². The molecule has 0 aliphatic carbocycles. The maximum Gasteiger partial charge on any atom is 0.274 e. The summed E-state index contributed by atoms with van der Waals surface area (Å²) in [6.45, 7) is 0. The number of amides is 1. The largest absolute Gasteiger partial charge is 0.370 e. The Kier molecular flexibility index (Phi) is 3.62. The summed E-state index contributed by atoms with van der Waals surface area (Å²) in [6, 6.07) is 17.8. The first kappa shape index (κ1) is 13.9. The second kappa shape index (κ2) is 5.73. The van der Waals surface area contributed by atoms with Crippen LogP contribution in [0, 0.1) is 0 Å². The number of benzene rings is 2. The van der Waals surface area contributed by atoms with Crippen LogP contribution in [0.15, 0.2) is 59.6 Å². The molecule has 0 spiro atoms. The zero-order valence-electron chi connectivity index (χ0n) is 12.1. The molecule has 110 valence electrons. The van der Waals surface area contributed by atoms with Crippen LogP contribution in [-0.2, 0) is 0 Å². The second-order valence-corrected chi connectivity index (χ2v) is 4.88. The molecule has 5 nitrogen and oxygen atoms in total. The third kappa shape index (κ3) is 2.56. The molecule has 0 unspecified atom stereocenters. The van der Waals surface area contributed by atoms with E-state index in [9.17, 15) is 4.79 Å². The van der Waals surface area contributed by atoms with Gasteiger partial charge >= 0.3 is 0 Å². The summed E-state index contributed by atoms with van der Waals surface area (Å²) in [7, 11) is 1.52. The van der Waals surface area contributed by atoms with E-state index in [2.05, 4.69) is 15.3 Å². The zero-order chi connectivity index (χ0) is 15.5. The lowest BCUT2D eigenvalue weighted by Crippen LogP contribution is -2.36. The van der Waals surface area contributed by atoms with E-state index in [1.165, 1.54) is 7.05 Å². The molecule has 4 N–H and O–H groups in total. The van der Waals surface area contributed by atoms with Gasteiger partial charge in [0.15, 0.2) is 5.96 Å². The van der Waals surface area contributed by atoms with E-state index >= 15 is 0 Å². The highest BCUT2D eigenvalue weighted by Gasteiger charge is 2.12. The van der Waals surface area contributed by atoms with Gasteiger partial charge in [-0.25, -0.2) is 0 Å². The smallest absolute Gasteiger partial charge is 0.274 e. The van der Waals surface area contributed by atoms with Gasteiger partial charge in [0.1, 0.15) is 5.69 Å². The summed E-state index contributed by atoms with van der Waals surface area (Å²) in [5, 5.41) is 3.49. The van der Waals surface area contributed by atoms with E-state index in [4.69, 9.17) is 5.73 Å². The Morgan fingerprint density at radius 3 is 2.64 bits per heavy atom. The first-order chi connectivity index (χ1) is 10.7. The van der Waals surface area contributed by atoms with E-state index in [0.717, 1.165) is 22.0 Å². The highest BCUT2D eigenvalue weighted by atomic mass is 16.2. The fourth-order valence-corrected chi connectivity index (χ4v) is 2.38. The van der Waals surface area contributed by atoms with Crippen molar-refractivity contribution in [2.45, 2.75) is 0 Å². The molecule has 3 aromatic rings. The summed E-state index contributed by atoms with van der Waals surface area (Å²) >= 11 is 0. The molecule has 1 amide bonds. The lowest BCUT2D eigenvalue weighted by molar-refractivity contribution is 0.0972. The maximum atomic E-state index is 12.1. The van der Waals surface area contributed by atoms with Crippen molar-refractivity contribution in [1.29, 1.82) is 0 Å². The molecular weight excluding hydrogens is 276 g/mol. The fourth-order valence-electron chi connectivity index (χ4n) is 2.38. The summed E-state index contributed by atoms with van der Waals surface area (Å²) in [5.41, 5.74) is 9.05. The minimum absolute atomic E-state index is 0.0898. The normalized spacial score (nSPS) is 11.6. The van der Waals surface area contributed by atoms with Crippen LogP contribution in [0.2, 0.25) is 0 Å². The molecule has 22 heavy (non-hydrogen) atoms. The van der Waals surface area contributed by atoms with Crippen LogP contribution in [0.1, 0.15) is 10.5 Å². The number of nitrogens with zero attached hydrogens (tertiary/aromatic N) is 1. The molecule has 0 saturated carbocycles. The topological polar surface area (TPSA) is 83.3 Å². The monoisotopic (exact) mass is 292 g/mol. The second-order valence-electron chi connectivity index (χ2n) is 4.88.